The van der Waals surface area contributed by atoms with E-state index in [1.807, 2.05) is 6.07 Å². The number of nitriles is 1. The quantitative estimate of drug-likeness (QED) is 0.332. The minimum Gasteiger partial charge on any atom is -0.494 e. The molecule has 10 heteroatoms. The Morgan fingerprint density at radius 2 is 1.91 bits per heavy atom. The Morgan fingerprint density at radius 3 is 2.54 bits per heavy atom. The van der Waals surface area contributed by atoms with Gasteiger partial charge >= 0.3 is 0 Å². The summed E-state index contributed by atoms with van der Waals surface area (Å²) in [6, 6.07) is 8.54. The van der Waals surface area contributed by atoms with Crippen molar-refractivity contribution in [2.75, 3.05) is 6.54 Å². The molecule has 2 heterocycles. The molecular formula is C25H22ClN3O4S2. The van der Waals surface area contributed by atoms with Crippen molar-refractivity contribution >= 4 is 57.7 Å². The molecule has 2 aromatic rings. The maximum atomic E-state index is 13.4. The molecule has 1 aromatic carbocycles. The number of thioether (sulfide) groups is 1. The third kappa shape index (κ3) is 4.92. The van der Waals surface area contributed by atoms with Crippen molar-refractivity contribution in [2.45, 2.75) is 45.1 Å². The molecule has 2 fully saturated rings. The zero-order chi connectivity index (χ0) is 25.3. The highest BCUT2D eigenvalue weighted by molar-refractivity contribution is 8.26. The summed E-state index contributed by atoms with van der Waals surface area (Å²) in [6.45, 7) is 1.05. The number of pyridine rings is 1. The fourth-order valence-corrected chi connectivity index (χ4v) is 5.88. The lowest BCUT2D eigenvalue weighted by Crippen LogP contribution is -2.36. The van der Waals surface area contributed by atoms with Crippen LogP contribution in [0.1, 0.15) is 65.2 Å². The smallest absolute Gasteiger partial charge is 0.271 e. The number of nitrogens with zero attached hydrogens (tertiary/aromatic N) is 3. The number of Topliss-reactive ketones (excluding diaryl/α,β-unsaturated/α-hetero) is 1. The van der Waals surface area contributed by atoms with Gasteiger partial charge in [0.25, 0.3) is 11.5 Å². The van der Waals surface area contributed by atoms with E-state index in [0.717, 1.165) is 36.6 Å². The number of aromatic nitrogens is 1. The van der Waals surface area contributed by atoms with Gasteiger partial charge in [0.05, 0.1) is 17.0 Å². The van der Waals surface area contributed by atoms with E-state index < -0.39 is 29.7 Å². The number of hydrogen-bond donors (Lipinski definition) is 1. The highest BCUT2D eigenvalue weighted by atomic mass is 35.5. The van der Waals surface area contributed by atoms with E-state index in [0.29, 0.717) is 22.8 Å². The van der Waals surface area contributed by atoms with Crippen LogP contribution in [-0.4, -0.2) is 37.1 Å². The summed E-state index contributed by atoms with van der Waals surface area (Å²) in [6.07, 6.45) is 5.85. The van der Waals surface area contributed by atoms with Crippen molar-refractivity contribution in [2.24, 2.45) is 0 Å². The molecule has 180 valence electrons. The van der Waals surface area contributed by atoms with Gasteiger partial charge in [-0.3, -0.25) is 23.9 Å². The van der Waals surface area contributed by atoms with E-state index in [4.69, 9.17) is 23.8 Å². The number of ketones is 1. The largest absolute Gasteiger partial charge is 0.494 e. The molecule has 1 amide bonds. The summed E-state index contributed by atoms with van der Waals surface area (Å²) in [5.74, 6) is -1.47. The lowest BCUT2D eigenvalue weighted by atomic mass is 9.93. The second-order valence-corrected chi connectivity index (χ2v) is 10.6. The Kier molecular flexibility index (Phi) is 7.45. The second kappa shape index (κ2) is 10.4. The molecule has 1 saturated heterocycles. The zero-order valence-electron chi connectivity index (χ0n) is 18.9. The van der Waals surface area contributed by atoms with Gasteiger partial charge in [-0.15, -0.1) is 0 Å². The van der Waals surface area contributed by atoms with Gasteiger partial charge in [-0.05, 0) is 49.1 Å². The third-order valence-corrected chi connectivity index (χ3v) is 7.94. The number of hydrogen-bond acceptors (Lipinski definition) is 7. The number of aromatic hydroxyl groups is 1. The van der Waals surface area contributed by atoms with Crippen molar-refractivity contribution in [1.29, 1.82) is 5.26 Å². The first-order chi connectivity index (χ1) is 16.7. The predicted molar refractivity (Wildman–Crippen MR) is 140 cm³/mol. The normalized spacial score (nSPS) is 17.7. The van der Waals surface area contributed by atoms with Crippen LogP contribution in [0.5, 0.6) is 5.88 Å². The Labute approximate surface area is 217 Å². The van der Waals surface area contributed by atoms with E-state index in [1.165, 1.54) is 16.4 Å². The number of benzene rings is 1. The minimum atomic E-state index is -0.595. The molecule has 7 nitrogen and oxygen atoms in total. The fourth-order valence-electron chi connectivity index (χ4n) is 4.50. The predicted octanol–water partition coefficient (Wildman–Crippen LogP) is 4.98. The van der Waals surface area contributed by atoms with E-state index in [-0.39, 0.29) is 27.1 Å². The molecule has 0 atom stereocenters. The maximum absolute atomic E-state index is 13.4. The molecule has 0 spiro atoms. The van der Waals surface area contributed by atoms with Crippen LogP contribution in [-0.2, 0) is 4.79 Å². The topological polar surface area (TPSA) is 103 Å². The van der Waals surface area contributed by atoms with E-state index in [1.54, 1.807) is 30.3 Å². The van der Waals surface area contributed by atoms with E-state index in [9.17, 15) is 24.8 Å². The SMILES string of the molecule is Cc1c(C(=O)CN2C(=O)/C(=C/c3ccc(Cl)cc3)SC2=S)c(O)n(C2CCCCC2)c(=O)c1C#N. The standard InChI is InChI=1S/C25H22ClN3O4S2/c1-14-18(12-27)22(31)29(17-5-3-2-4-6-17)24(33)21(14)19(30)13-28-23(32)20(35-25(28)34)11-15-7-9-16(26)10-8-15/h7-11,17,33H,2-6,13H2,1H3/b20-11-. The van der Waals surface area contributed by atoms with Gasteiger partial charge in [0.2, 0.25) is 5.88 Å². The molecular weight excluding hydrogens is 506 g/mol. The second-order valence-electron chi connectivity index (χ2n) is 8.52. The van der Waals surface area contributed by atoms with Crippen LogP contribution in [0.3, 0.4) is 0 Å². The van der Waals surface area contributed by atoms with E-state index >= 15 is 0 Å². The molecule has 0 radical (unpaired) electrons. The first kappa shape index (κ1) is 25.2. The van der Waals surface area contributed by atoms with Crippen LogP contribution < -0.4 is 5.56 Å². The van der Waals surface area contributed by atoms with Crippen molar-refractivity contribution in [3.63, 3.8) is 0 Å². The van der Waals surface area contributed by atoms with Crippen LogP contribution in [0, 0.1) is 18.3 Å². The first-order valence-electron chi connectivity index (χ1n) is 11.1. The van der Waals surface area contributed by atoms with Gasteiger partial charge in [-0.1, -0.05) is 67.0 Å². The molecule has 1 aliphatic heterocycles. The lowest BCUT2D eigenvalue weighted by Gasteiger charge is -2.26. The zero-order valence-corrected chi connectivity index (χ0v) is 21.3. The van der Waals surface area contributed by atoms with Gasteiger partial charge < -0.3 is 5.11 Å². The van der Waals surface area contributed by atoms with E-state index in [2.05, 4.69) is 0 Å². The molecule has 0 bridgehead atoms. The number of carbonyl (C=O) groups excluding carboxylic acids is 2. The van der Waals surface area contributed by atoms with Crippen LogP contribution >= 0.6 is 35.6 Å². The third-order valence-electron chi connectivity index (χ3n) is 6.31. The van der Waals surface area contributed by atoms with Gasteiger partial charge in [-0.25, -0.2) is 0 Å². The van der Waals surface area contributed by atoms with Crippen molar-refractivity contribution in [3.05, 3.63) is 66.8 Å². The Hall–Kier alpha value is -2.93. The molecule has 1 N–H and O–H groups in total. The van der Waals surface area contributed by atoms with Gasteiger partial charge in [0, 0.05) is 11.1 Å². The fraction of sp³-hybridized carbons (Fsp3) is 0.320. The number of thiocarbonyl (C=S) groups is 1. The van der Waals surface area contributed by atoms with Gasteiger partial charge in [0.1, 0.15) is 16.0 Å². The first-order valence-corrected chi connectivity index (χ1v) is 12.8. The van der Waals surface area contributed by atoms with Gasteiger partial charge in [-0.2, -0.15) is 5.26 Å². The monoisotopic (exact) mass is 527 g/mol. The summed E-state index contributed by atoms with van der Waals surface area (Å²) in [7, 11) is 0. The summed E-state index contributed by atoms with van der Waals surface area (Å²) < 4.78 is 1.39. The molecule has 0 unspecified atom stereocenters. The Bertz CT molecular complexity index is 1350. The number of amides is 1. The molecule has 4 rings (SSSR count). The summed E-state index contributed by atoms with van der Waals surface area (Å²) in [5, 5.41) is 21.2. The number of halogens is 1. The minimum absolute atomic E-state index is 0.106. The van der Waals surface area contributed by atoms with Crippen LogP contribution in [0.4, 0.5) is 0 Å². The van der Waals surface area contributed by atoms with Crippen molar-refractivity contribution in [1.82, 2.24) is 9.47 Å². The van der Waals surface area contributed by atoms with Crippen molar-refractivity contribution in [3.8, 4) is 11.9 Å². The van der Waals surface area contributed by atoms with Crippen LogP contribution in [0.15, 0.2) is 34.0 Å². The van der Waals surface area contributed by atoms with Crippen LogP contribution in [0.2, 0.25) is 5.02 Å². The van der Waals surface area contributed by atoms with Crippen LogP contribution in [0.25, 0.3) is 6.08 Å². The lowest BCUT2D eigenvalue weighted by molar-refractivity contribution is -0.121. The maximum Gasteiger partial charge on any atom is 0.271 e. The highest BCUT2D eigenvalue weighted by Crippen LogP contribution is 2.35. The van der Waals surface area contributed by atoms with Gasteiger partial charge in [0.15, 0.2) is 5.78 Å². The molecule has 1 aliphatic carbocycles. The average molecular weight is 528 g/mol. The molecule has 35 heavy (non-hydrogen) atoms. The summed E-state index contributed by atoms with van der Waals surface area (Å²) in [4.78, 5) is 40.9. The summed E-state index contributed by atoms with van der Waals surface area (Å²) >= 11 is 12.3. The van der Waals surface area contributed by atoms with Crippen molar-refractivity contribution < 1.29 is 14.7 Å². The molecule has 2 aliphatic rings. The summed E-state index contributed by atoms with van der Waals surface area (Å²) in [5.41, 5.74) is -0.0307. The Morgan fingerprint density at radius 1 is 1.26 bits per heavy atom. The molecule has 1 aromatic heterocycles. The molecule has 1 saturated carbocycles. The number of rotatable bonds is 5. The Balaban J connectivity index is 1.66. The highest BCUT2D eigenvalue weighted by Gasteiger charge is 2.36. The average Bonchev–Trinajstić information content (AvgIpc) is 3.08. The number of carbonyl (C=O) groups is 2.